The number of methoxy groups -OCH3 is 1. The lowest BCUT2D eigenvalue weighted by Gasteiger charge is -2.36. The fraction of sp³-hybridized carbons (Fsp3) is 0.538. The molecule has 0 aromatic heterocycles. The van der Waals surface area contributed by atoms with Crippen LogP contribution >= 0.6 is 11.6 Å². The Hall–Kier alpha value is -0.970. The summed E-state index contributed by atoms with van der Waals surface area (Å²) in [5.74, 6) is 0.856. The molecule has 0 amide bonds. The number of aliphatic hydroxyl groups is 1. The first-order chi connectivity index (χ1) is 8.74. The van der Waals surface area contributed by atoms with Gasteiger partial charge in [-0.3, -0.25) is 4.90 Å². The molecule has 4 nitrogen and oxygen atoms in total. The SMILES string of the molecule is COc1ccc(Cl)cc1N1CCN(CCO)CC1. The molecule has 18 heavy (non-hydrogen) atoms. The summed E-state index contributed by atoms with van der Waals surface area (Å²) in [6.45, 7) is 4.74. The highest BCUT2D eigenvalue weighted by atomic mass is 35.5. The monoisotopic (exact) mass is 270 g/mol. The van der Waals surface area contributed by atoms with Gasteiger partial charge < -0.3 is 14.7 Å². The van der Waals surface area contributed by atoms with Crippen molar-refractivity contribution in [3.8, 4) is 5.75 Å². The van der Waals surface area contributed by atoms with Gasteiger partial charge in [0, 0.05) is 37.7 Å². The molecule has 1 aliphatic rings. The molecule has 2 rings (SSSR count). The summed E-state index contributed by atoms with van der Waals surface area (Å²) in [4.78, 5) is 4.53. The number of aliphatic hydroxyl groups excluding tert-OH is 1. The lowest BCUT2D eigenvalue weighted by molar-refractivity contribution is 0.188. The number of rotatable bonds is 4. The van der Waals surface area contributed by atoms with Crippen LogP contribution < -0.4 is 9.64 Å². The van der Waals surface area contributed by atoms with Gasteiger partial charge in [0.25, 0.3) is 0 Å². The van der Waals surface area contributed by atoms with Crippen molar-refractivity contribution >= 4 is 17.3 Å². The molecule has 0 unspecified atom stereocenters. The number of hydrogen-bond donors (Lipinski definition) is 1. The second-order valence-electron chi connectivity index (χ2n) is 4.37. The normalized spacial score (nSPS) is 16.9. The predicted octanol–water partition coefficient (Wildman–Crippen LogP) is 1.46. The summed E-state index contributed by atoms with van der Waals surface area (Å²) in [5.41, 5.74) is 1.05. The second kappa shape index (κ2) is 6.27. The number of halogens is 1. The van der Waals surface area contributed by atoms with Gasteiger partial charge in [0.05, 0.1) is 19.4 Å². The third kappa shape index (κ3) is 3.07. The van der Waals surface area contributed by atoms with Crippen molar-refractivity contribution in [2.45, 2.75) is 0 Å². The molecule has 1 fully saturated rings. The van der Waals surface area contributed by atoms with E-state index in [0.29, 0.717) is 0 Å². The zero-order chi connectivity index (χ0) is 13.0. The number of hydrogen-bond acceptors (Lipinski definition) is 4. The average molecular weight is 271 g/mol. The molecule has 0 radical (unpaired) electrons. The van der Waals surface area contributed by atoms with Crippen LogP contribution in [0.4, 0.5) is 5.69 Å². The summed E-state index contributed by atoms with van der Waals surface area (Å²) in [6.07, 6.45) is 0. The van der Waals surface area contributed by atoms with Crippen LogP contribution in [0.3, 0.4) is 0 Å². The maximum absolute atomic E-state index is 8.93. The quantitative estimate of drug-likeness (QED) is 0.899. The van der Waals surface area contributed by atoms with E-state index >= 15 is 0 Å². The lowest BCUT2D eigenvalue weighted by atomic mass is 10.2. The highest BCUT2D eigenvalue weighted by Gasteiger charge is 2.19. The van der Waals surface area contributed by atoms with Crippen molar-refractivity contribution in [1.29, 1.82) is 0 Å². The first-order valence-corrected chi connectivity index (χ1v) is 6.54. The lowest BCUT2D eigenvalue weighted by Crippen LogP contribution is -2.47. The van der Waals surface area contributed by atoms with Crippen LogP contribution in [0.25, 0.3) is 0 Å². The van der Waals surface area contributed by atoms with E-state index in [1.807, 2.05) is 18.2 Å². The number of β-amino-alcohol motifs (C(OH)–C–C–N with tert-alkyl or cyclic N) is 1. The zero-order valence-corrected chi connectivity index (χ0v) is 11.4. The number of piperazine rings is 1. The van der Waals surface area contributed by atoms with Gasteiger partial charge in [0.1, 0.15) is 5.75 Å². The Morgan fingerprint density at radius 1 is 1.28 bits per heavy atom. The molecule has 0 saturated carbocycles. The van der Waals surface area contributed by atoms with E-state index in [9.17, 15) is 0 Å². The largest absolute Gasteiger partial charge is 0.495 e. The van der Waals surface area contributed by atoms with Gasteiger partial charge in [0.2, 0.25) is 0 Å². The van der Waals surface area contributed by atoms with Crippen molar-refractivity contribution < 1.29 is 9.84 Å². The molecule has 1 N–H and O–H groups in total. The molecule has 1 aromatic rings. The first kappa shape index (κ1) is 13.5. The van der Waals surface area contributed by atoms with E-state index in [-0.39, 0.29) is 6.61 Å². The van der Waals surface area contributed by atoms with Crippen LogP contribution in [0.15, 0.2) is 18.2 Å². The first-order valence-electron chi connectivity index (χ1n) is 6.16. The van der Waals surface area contributed by atoms with Crippen LogP contribution in [0.2, 0.25) is 5.02 Å². The zero-order valence-electron chi connectivity index (χ0n) is 10.6. The van der Waals surface area contributed by atoms with Crippen LogP contribution in [0.1, 0.15) is 0 Å². The third-order valence-corrected chi connectivity index (χ3v) is 3.51. The van der Waals surface area contributed by atoms with Crippen LogP contribution in [-0.2, 0) is 0 Å². The van der Waals surface area contributed by atoms with E-state index in [2.05, 4.69) is 9.80 Å². The van der Waals surface area contributed by atoms with Gasteiger partial charge in [-0.05, 0) is 18.2 Å². The van der Waals surface area contributed by atoms with Crippen molar-refractivity contribution in [3.05, 3.63) is 23.2 Å². The predicted molar refractivity (Wildman–Crippen MR) is 73.7 cm³/mol. The topological polar surface area (TPSA) is 35.9 Å². The molecule has 1 aliphatic heterocycles. The number of nitrogens with zero attached hydrogens (tertiary/aromatic N) is 2. The van der Waals surface area contributed by atoms with Crippen LogP contribution in [0, 0.1) is 0 Å². The minimum Gasteiger partial charge on any atom is -0.495 e. The molecule has 1 saturated heterocycles. The molecule has 1 heterocycles. The Balaban J connectivity index is 2.06. The number of ether oxygens (including phenoxy) is 1. The maximum atomic E-state index is 8.93. The van der Waals surface area contributed by atoms with Crippen LogP contribution in [0.5, 0.6) is 5.75 Å². The molecule has 5 heteroatoms. The number of anilines is 1. The molecule has 1 aromatic carbocycles. The molecule has 100 valence electrons. The van der Waals surface area contributed by atoms with Crippen molar-refractivity contribution in [1.82, 2.24) is 4.90 Å². The molecule has 0 atom stereocenters. The highest BCUT2D eigenvalue weighted by Crippen LogP contribution is 2.31. The fourth-order valence-corrected chi connectivity index (χ4v) is 2.43. The van der Waals surface area contributed by atoms with Crippen molar-refractivity contribution in [3.63, 3.8) is 0 Å². The van der Waals surface area contributed by atoms with Gasteiger partial charge in [0.15, 0.2) is 0 Å². The Morgan fingerprint density at radius 2 is 2.00 bits per heavy atom. The van der Waals surface area contributed by atoms with Gasteiger partial charge in [-0.15, -0.1) is 0 Å². The minimum absolute atomic E-state index is 0.223. The Bertz CT molecular complexity index is 393. The molecule has 0 bridgehead atoms. The summed E-state index contributed by atoms with van der Waals surface area (Å²) in [5, 5.41) is 9.65. The maximum Gasteiger partial charge on any atom is 0.142 e. The standard InChI is InChI=1S/C13H19ClN2O2/c1-18-13-3-2-11(14)10-12(13)16-6-4-15(5-7-16)8-9-17/h2-3,10,17H,4-9H2,1H3. The highest BCUT2D eigenvalue weighted by molar-refractivity contribution is 6.30. The second-order valence-corrected chi connectivity index (χ2v) is 4.80. The summed E-state index contributed by atoms with van der Waals surface area (Å²) < 4.78 is 5.37. The summed E-state index contributed by atoms with van der Waals surface area (Å²) >= 11 is 6.05. The van der Waals surface area contributed by atoms with Gasteiger partial charge in [-0.1, -0.05) is 11.6 Å². The molecular weight excluding hydrogens is 252 g/mol. The van der Waals surface area contributed by atoms with Crippen molar-refractivity contribution in [2.24, 2.45) is 0 Å². The average Bonchev–Trinajstić information content (AvgIpc) is 2.40. The van der Waals surface area contributed by atoms with E-state index in [1.54, 1.807) is 7.11 Å². The van der Waals surface area contributed by atoms with Crippen molar-refractivity contribution in [2.75, 3.05) is 51.3 Å². The van der Waals surface area contributed by atoms with E-state index < -0.39 is 0 Å². The summed E-state index contributed by atoms with van der Waals surface area (Å²) in [7, 11) is 1.68. The Labute approximate surface area is 113 Å². The molecular formula is C13H19ClN2O2. The van der Waals surface area contributed by atoms with E-state index in [1.165, 1.54) is 0 Å². The summed E-state index contributed by atoms with van der Waals surface area (Å²) in [6, 6.07) is 5.69. The Kier molecular flexibility index (Phi) is 4.69. The van der Waals surface area contributed by atoms with Gasteiger partial charge >= 0.3 is 0 Å². The Morgan fingerprint density at radius 3 is 2.61 bits per heavy atom. The third-order valence-electron chi connectivity index (χ3n) is 3.27. The van der Waals surface area contributed by atoms with Gasteiger partial charge in [-0.2, -0.15) is 0 Å². The fourth-order valence-electron chi connectivity index (χ4n) is 2.26. The smallest absolute Gasteiger partial charge is 0.142 e. The number of benzene rings is 1. The van der Waals surface area contributed by atoms with Crippen LogP contribution in [-0.4, -0.2) is 56.4 Å². The van der Waals surface area contributed by atoms with E-state index in [0.717, 1.165) is 49.2 Å². The molecule has 0 spiro atoms. The van der Waals surface area contributed by atoms with E-state index in [4.69, 9.17) is 21.4 Å². The molecule has 0 aliphatic carbocycles. The minimum atomic E-state index is 0.223. The van der Waals surface area contributed by atoms with Gasteiger partial charge in [-0.25, -0.2) is 0 Å².